The summed E-state index contributed by atoms with van der Waals surface area (Å²) in [6.45, 7) is 2.27. The van der Waals surface area contributed by atoms with Gasteiger partial charge >= 0.3 is 5.97 Å². The zero-order valence-corrected chi connectivity index (χ0v) is 19.8. The average Bonchev–Trinajstić information content (AvgIpc) is 3.22. The van der Waals surface area contributed by atoms with E-state index in [0.717, 1.165) is 5.69 Å². The molecule has 1 aliphatic rings. The standard InChI is InChI=1S/C23H22Cl2FN5O3/c1-13-11-18(30-29-13)28-20-17(26)6-5-14(27-20)12-23(22(33)34)7-9-31(10-8-23)21(32)15-3-2-4-16(24)19(15)25/h2-6,11H,7-10,12H2,1H3,(H,33,34)(H2,27,28,29,30). The molecule has 3 N–H and O–H groups in total. The van der Waals surface area contributed by atoms with E-state index in [9.17, 15) is 19.1 Å². The summed E-state index contributed by atoms with van der Waals surface area (Å²) < 4.78 is 14.3. The molecule has 0 bridgehead atoms. The van der Waals surface area contributed by atoms with Gasteiger partial charge in [0.1, 0.15) is 0 Å². The first-order valence-electron chi connectivity index (χ1n) is 10.6. The molecular formula is C23H22Cl2FN5O3. The Kier molecular flexibility index (Phi) is 6.77. The molecule has 1 amide bonds. The lowest BCUT2D eigenvalue weighted by Gasteiger charge is -2.39. The second-order valence-corrected chi connectivity index (χ2v) is 9.14. The average molecular weight is 506 g/mol. The number of pyridine rings is 1. The number of nitrogens with one attached hydrogen (secondary N) is 2. The molecule has 2 aromatic heterocycles. The van der Waals surface area contributed by atoms with Crippen molar-refractivity contribution >= 4 is 46.7 Å². The molecule has 0 radical (unpaired) electrons. The van der Waals surface area contributed by atoms with Crippen molar-refractivity contribution in [3.8, 4) is 0 Å². The lowest BCUT2D eigenvalue weighted by atomic mass is 9.74. The Morgan fingerprint density at radius 1 is 1.24 bits per heavy atom. The summed E-state index contributed by atoms with van der Waals surface area (Å²) >= 11 is 12.2. The number of carboxylic acid groups (broad SMARTS) is 1. The molecule has 0 saturated carbocycles. The van der Waals surface area contributed by atoms with Crippen LogP contribution in [0.1, 0.15) is 34.6 Å². The Hall–Kier alpha value is -3.17. The molecule has 1 aromatic carbocycles. The van der Waals surface area contributed by atoms with Gasteiger partial charge in [-0.05, 0) is 44.0 Å². The normalized spacial score (nSPS) is 15.2. The number of halogens is 3. The highest BCUT2D eigenvalue weighted by Gasteiger charge is 2.43. The fourth-order valence-corrected chi connectivity index (χ4v) is 4.44. The van der Waals surface area contributed by atoms with Crippen molar-refractivity contribution in [2.24, 2.45) is 5.41 Å². The number of aryl methyl sites for hydroxylation is 1. The summed E-state index contributed by atoms with van der Waals surface area (Å²) in [5, 5.41) is 20.1. The molecule has 3 aromatic rings. The zero-order chi connectivity index (χ0) is 24.5. The van der Waals surface area contributed by atoms with Crippen LogP contribution in [-0.2, 0) is 11.2 Å². The van der Waals surface area contributed by atoms with Crippen molar-refractivity contribution in [2.45, 2.75) is 26.2 Å². The van der Waals surface area contributed by atoms with Gasteiger partial charge in [0, 0.05) is 37.0 Å². The number of hydrogen-bond donors (Lipinski definition) is 3. The molecular weight excluding hydrogens is 484 g/mol. The molecule has 4 rings (SSSR count). The van der Waals surface area contributed by atoms with E-state index in [-0.39, 0.29) is 59.7 Å². The number of carbonyl (C=O) groups is 2. The fraction of sp³-hybridized carbons (Fsp3) is 0.304. The number of likely N-dealkylation sites (tertiary alicyclic amines) is 1. The van der Waals surface area contributed by atoms with E-state index in [1.165, 1.54) is 12.1 Å². The number of nitrogens with zero attached hydrogens (tertiary/aromatic N) is 3. The number of aromatic nitrogens is 3. The van der Waals surface area contributed by atoms with E-state index in [1.54, 1.807) is 29.2 Å². The molecule has 34 heavy (non-hydrogen) atoms. The quantitative estimate of drug-likeness (QED) is 0.441. The van der Waals surface area contributed by atoms with Gasteiger partial charge in [-0.1, -0.05) is 29.3 Å². The van der Waals surface area contributed by atoms with Gasteiger partial charge in [0.2, 0.25) is 0 Å². The maximum absolute atomic E-state index is 14.3. The number of H-pyrrole nitrogens is 1. The van der Waals surface area contributed by atoms with E-state index in [4.69, 9.17) is 23.2 Å². The Morgan fingerprint density at radius 2 is 1.97 bits per heavy atom. The van der Waals surface area contributed by atoms with Gasteiger partial charge < -0.3 is 15.3 Å². The first-order chi connectivity index (χ1) is 16.2. The third-order valence-electron chi connectivity index (χ3n) is 6.02. The minimum atomic E-state index is -1.14. The van der Waals surface area contributed by atoms with Crippen LogP contribution in [0.15, 0.2) is 36.4 Å². The van der Waals surface area contributed by atoms with Crippen LogP contribution < -0.4 is 5.32 Å². The lowest BCUT2D eigenvalue weighted by Crippen LogP contribution is -2.47. The summed E-state index contributed by atoms with van der Waals surface area (Å²) in [4.78, 5) is 31.1. The van der Waals surface area contributed by atoms with Crippen LogP contribution in [-0.4, -0.2) is 50.2 Å². The predicted octanol–water partition coefficient (Wildman–Crippen LogP) is 4.85. The number of carbonyl (C=O) groups excluding carboxylic acids is 1. The summed E-state index contributed by atoms with van der Waals surface area (Å²) in [5.74, 6) is -1.49. The van der Waals surface area contributed by atoms with Gasteiger partial charge in [0.25, 0.3) is 5.91 Å². The second-order valence-electron chi connectivity index (χ2n) is 8.35. The molecule has 0 unspecified atom stereocenters. The van der Waals surface area contributed by atoms with E-state index in [2.05, 4.69) is 20.5 Å². The number of carboxylic acids is 1. The predicted molar refractivity (Wildman–Crippen MR) is 126 cm³/mol. The topological polar surface area (TPSA) is 111 Å². The smallest absolute Gasteiger partial charge is 0.310 e. The number of rotatable bonds is 6. The highest BCUT2D eigenvalue weighted by molar-refractivity contribution is 6.43. The van der Waals surface area contributed by atoms with E-state index >= 15 is 0 Å². The van der Waals surface area contributed by atoms with Crippen molar-refractivity contribution in [1.29, 1.82) is 0 Å². The lowest BCUT2D eigenvalue weighted by molar-refractivity contribution is -0.151. The highest BCUT2D eigenvalue weighted by Crippen LogP contribution is 2.37. The van der Waals surface area contributed by atoms with Gasteiger partial charge in [0.05, 0.1) is 21.0 Å². The molecule has 0 aliphatic carbocycles. The van der Waals surface area contributed by atoms with Gasteiger partial charge in [-0.15, -0.1) is 0 Å². The maximum atomic E-state index is 14.3. The number of piperidine rings is 1. The van der Waals surface area contributed by atoms with Gasteiger partial charge in [-0.25, -0.2) is 9.37 Å². The second kappa shape index (κ2) is 9.60. The molecule has 0 spiro atoms. The number of amides is 1. The molecule has 8 nitrogen and oxygen atoms in total. The molecule has 1 fully saturated rings. The van der Waals surface area contributed by atoms with Crippen LogP contribution in [0.3, 0.4) is 0 Å². The zero-order valence-electron chi connectivity index (χ0n) is 18.2. The van der Waals surface area contributed by atoms with Crippen LogP contribution >= 0.6 is 23.2 Å². The largest absolute Gasteiger partial charge is 0.481 e. The van der Waals surface area contributed by atoms with Gasteiger partial charge in [0.15, 0.2) is 17.5 Å². The Balaban J connectivity index is 1.50. The molecule has 0 atom stereocenters. The molecule has 1 aliphatic heterocycles. The number of aliphatic carboxylic acids is 1. The first-order valence-corrected chi connectivity index (χ1v) is 11.4. The van der Waals surface area contributed by atoms with Crippen molar-refractivity contribution in [2.75, 3.05) is 18.4 Å². The first kappa shape index (κ1) is 24.0. The van der Waals surface area contributed by atoms with Crippen molar-refractivity contribution < 1.29 is 19.1 Å². The van der Waals surface area contributed by atoms with Crippen LogP contribution in [0.4, 0.5) is 16.0 Å². The summed E-state index contributed by atoms with van der Waals surface area (Å²) in [7, 11) is 0. The SMILES string of the molecule is Cc1cc(Nc2nc(CC3(C(=O)O)CCN(C(=O)c4cccc(Cl)c4Cl)CC3)ccc2F)n[nH]1. The summed E-state index contributed by atoms with van der Waals surface area (Å²) in [6.07, 6.45) is 0.524. The van der Waals surface area contributed by atoms with Crippen LogP contribution in [0.5, 0.6) is 0 Å². The fourth-order valence-electron chi connectivity index (χ4n) is 4.06. The number of hydrogen-bond acceptors (Lipinski definition) is 5. The van der Waals surface area contributed by atoms with Crippen LogP contribution in [0.25, 0.3) is 0 Å². The number of benzene rings is 1. The van der Waals surface area contributed by atoms with Crippen molar-refractivity contribution in [1.82, 2.24) is 20.1 Å². The van der Waals surface area contributed by atoms with E-state index in [0.29, 0.717) is 11.5 Å². The van der Waals surface area contributed by atoms with Gasteiger partial charge in [-0.2, -0.15) is 5.10 Å². The Bertz CT molecular complexity index is 1240. The highest BCUT2D eigenvalue weighted by atomic mass is 35.5. The van der Waals surface area contributed by atoms with E-state index < -0.39 is 17.2 Å². The third kappa shape index (κ3) is 4.85. The van der Waals surface area contributed by atoms with Gasteiger partial charge in [-0.3, -0.25) is 14.7 Å². The maximum Gasteiger partial charge on any atom is 0.310 e. The third-order valence-corrected chi connectivity index (χ3v) is 6.84. The molecule has 11 heteroatoms. The molecule has 3 heterocycles. The van der Waals surface area contributed by atoms with Crippen molar-refractivity contribution in [3.63, 3.8) is 0 Å². The summed E-state index contributed by atoms with van der Waals surface area (Å²) in [6, 6.07) is 9.25. The minimum Gasteiger partial charge on any atom is -0.481 e. The monoisotopic (exact) mass is 505 g/mol. The van der Waals surface area contributed by atoms with Crippen molar-refractivity contribution in [3.05, 3.63) is 69.2 Å². The molecule has 1 saturated heterocycles. The Morgan fingerprint density at radius 3 is 2.62 bits per heavy atom. The summed E-state index contributed by atoms with van der Waals surface area (Å²) in [5.41, 5.74) is 0.363. The number of anilines is 2. The number of aromatic amines is 1. The molecule has 178 valence electrons. The Labute approximate surface area is 205 Å². The minimum absolute atomic E-state index is 0.0345. The van der Waals surface area contributed by atoms with E-state index in [1.807, 2.05) is 6.92 Å². The van der Waals surface area contributed by atoms with Crippen LogP contribution in [0, 0.1) is 18.2 Å². The van der Waals surface area contributed by atoms with Crippen LogP contribution in [0.2, 0.25) is 10.0 Å².